The first-order valence-electron chi connectivity index (χ1n) is 9.63. The maximum Gasteiger partial charge on any atom is 0.235 e. The second-order valence-electron chi connectivity index (χ2n) is 8.58. The Bertz CT molecular complexity index is 1070. The number of rotatable bonds is 2. The van der Waals surface area contributed by atoms with Gasteiger partial charge in [0.25, 0.3) is 0 Å². The Hall–Kier alpha value is -2.69. The van der Waals surface area contributed by atoms with E-state index in [0.29, 0.717) is 0 Å². The van der Waals surface area contributed by atoms with Gasteiger partial charge in [-0.15, -0.1) is 0 Å². The Kier molecular flexibility index (Phi) is 4.80. The fourth-order valence-corrected chi connectivity index (χ4v) is 5.68. The maximum atomic E-state index is 13.5. The molecule has 0 radical (unpaired) electrons. The molecule has 1 aromatic heterocycles. The number of fused-ring (bicyclic) bond motifs is 3. The number of nitrogens with two attached hydrogens (primary N) is 1. The number of hydrogen-bond donors (Lipinski definition) is 3. The summed E-state index contributed by atoms with van der Waals surface area (Å²) in [6.45, 7) is 0. The minimum Gasteiger partial charge on any atom is -0.506 e. The lowest BCUT2D eigenvalue weighted by atomic mass is 9.52. The van der Waals surface area contributed by atoms with Crippen molar-refractivity contribution in [2.75, 3.05) is 14.1 Å². The predicted molar refractivity (Wildman–Crippen MR) is 104 cm³/mol. The number of primary amides is 1. The molecule has 31 heavy (non-hydrogen) atoms. The highest BCUT2D eigenvalue weighted by atomic mass is 35.5. The Labute approximate surface area is 181 Å². The lowest BCUT2D eigenvalue weighted by molar-refractivity contribution is -0.181. The summed E-state index contributed by atoms with van der Waals surface area (Å²) >= 11 is 6.11. The highest BCUT2D eigenvalue weighted by Crippen LogP contribution is 2.51. The molecule has 4 N–H and O–H groups in total. The van der Waals surface area contributed by atoms with Gasteiger partial charge < -0.3 is 15.9 Å². The van der Waals surface area contributed by atoms with E-state index in [1.54, 1.807) is 0 Å². The number of aromatic nitrogens is 1. The molecule has 3 aliphatic carbocycles. The second-order valence-corrected chi connectivity index (χ2v) is 8.94. The van der Waals surface area contributed by atoms with Crippen LogP contribution in [0, 0.1) is 23.7 Å². The molecule has 1 heterocycles. The third-order valence-corrected chi connectivity index (χ3v) is 7.09. The summed E-state index contributed by atoms with van der Waals surface area (Å²) in [5.41, 5.74) is 2.62. The first kappa shape index (κ1) is 21.5. The van der Waals surface area contributed by atoms with Crippen molar-refractivity contribution in [3.63, 3.8) is 0 Å². The molecule has 10 nitrogen and oxygen atoms in total. The molecule has 3 aliphatic rings. The van der Waals surface area contributed by atoms with Crippen LogP contribution < -0.4 is 5.73 Å². The molecule has 0 bridgehead atoms. The molecule has 2 saturated carbocycles. The van der Waals surface area contributed by atoms with Gasteiger partial charge in [0.1, 0.15) is 10.9 Å². The number of amides is 1. The Morgan fingerprint density at radius 2 is 1.90 bits per heavy atom. The van der Waals surface area contributed by atoms with Gasteiger partial charge in [-0.2, -0.15) is 0 Å². The summed E-state index contributed by atoms with van der Waals surface area (Å²) < 4.78 is 0. The molecular formula is C20H20ClN3O7. The van der Waals surface area contributed by atoms with E-state index in [-0.39, 0.29) is 29.1 Å². The van der Waals surface area contributed by atoms with Gasteiger partial charge in [-0.25, -0.2) is 4.98 Å². The van der Waals surface area contributed by atoms with Crippen molar-refractivity contribution < 1.29 is 34.2 Å². The zero-order chi connectivity index (χ0) is 23.0. The molecule has 0 spiro atoms. The van der Waals surface area contributed by atoms with Gasteiger partial charge in [-0.05, 0) is 32.9 Å². The van der Waals surface area contributed by atoms with Gasteiger partial charge >= 0.3 is 0 Å². The fourth-order valence-electron chi connectivity index (χ4n) is 5.46. The van der Waals surface area contributed by atoms with E-state index >= 15 is 0 Å². The van der Waals surface area contributed by atoms with Crippen LogP contribution in [0.15, 0.2) is 6.20 Å². The van der Waals surface area contributed by atoms with E-state index in [0.717, 1.165) is 6.20 Å². The van der Waals surface area contributed by atoms with Crippen LogP contribution in [0.25, 0.3) is 0 Å². The summed E-state index contributed by atoms with van der Waals surface area (Å²) in [5, 5.41) is 21.5. The number of nitrogens with zero attached hydrogens (tertiary/aromatic N) is 2. The first-order chi connectivity index (χ1) is 14.4. The zero-order valence-electron chi connectivity index (χ0n) is 16.7. The lowest BCUT2D eigenvalue weighted by Gasteiger charge is -2.52. The molecule has 6 atom stereocenters. The van der Waals surface area contributed by atoms with Gasteiger partial charge in [0.05, 0.1) is 23.7 Å². The van der Waals surface area contributed by atoms with Crippen molar-refractivity contribution in [2.24, 2.45) is 29.4 Å². The summed E-state index contributed by atoms with van der Waals surface area (Å²) in [6, 6.07) is -1.14. The number of hydrogen-bond acceptors (Lipinski definition) is 9. The molecule has 0 aliphatic heterocycles. The number of carbonyl (C=O) groups excluding carboxylic acids is 5. The molecule has 164 valence electrons. The quantitative estimate of drug-likeness (QED) is 0.375. The second kappa shape index (κ2) is 6.91. The Morgan fingerprint density at radius 1 is 1.26 bits per heavy atom. The third-order valence-electron chi connectivity index (χ3n) is 6.76. The van der Waals surface area contributed by atoms with Crippen LogP contribution in [-0.4, -0.2) is 74.9 Å². The van der Waals surface area contributed by atoms with Crippen LogP contribution in [0.1, 0.15) is 22.3 Å². The van der Waals surface area contributed by atoms with Crippen molar-refractivity contribution in [3.8, 4) is 5.75 Å². The van der Waals surface area contributed by atoms with Gasteiger partial charge in [0.2, 0.25) is 5.91 Å². The molecule has 1 amide bonds. The van der Waals surface area contributed by atoms with Crippen LogP contribution in [0.4, 0.5) is 0 Å². The maximum absolute atomic E-state index is 13.5. The molecular weight excluding hydrogens is 430 g/mol. The number of halogens is 1. The fraction of sp³-hybridized carbons (Fsp3) is 0.500. The first-order valence-corrected chi connectivity index (χ1v) is 10.0. The van der Waals surface area contributed by atoms with E-state index < -0.39 is 70.1 Å². The molecule has 11 heteroatoms. The number of Topliss-reactive ketones (excluding diaryl/α,β-unsaturated/α-hetero) is 4. The van der Waals surface area contributed by atoms with E-state index in [1.807, 2.05) is 0 Å². The average Bonchev–Trinajstić information content (AvgIpc) is 2.67. The zero-order valence-corrected chi connectivity index (χ0v) is 17.4. The van der Waals surface area contributed by atoms with Crippen LogP contribution in [0.2, 0.25) is 5.15 Å². The highest BCUT2D eigenvalue weighted by molar-refractivity contribution is 6.33. The van der Waals surface area contributed by atoms with Gasteiger partial charge in [0, 0.05) is 11.5 Å². The van der Waals surface area contributed by atoms with E-state index in [2.05, 4.69) is 4.98 Å². The van der Waals surface area contributed by atoms with Crippen molar-refractivity contribution in [3.05, 3.63) is 22.5 Å². The number of ketones is 4. The minimum atomic E-state index is -2.73. The van der Waals surface area contributed by atoms with Crippen LogP contribution in [0.5, 0.6) is 5.75 Å². The number of carbonyl (C=O) groups is 5. The number of pyridine rings is 1. The normalized spacial score (nSPS) is 34.9. The summed E-state index contributed by atoms with van der Waals surface area (Å²) in [6.07, 6.45) is 1.04. The minimum absolute atomic E-state index is 0.00151. The monoisotopic (exact) mass is 449 g/mol. The smallest absolute Gasteiger partial charge is 0.235 e. The van der Waals surface area contributed by atoms with Gasteiger partial charge in [0.15, 0.2) is 34.7 Å². The van der Waals surface area contributed by atoms with E-state index in [1.165, 1.54) is 19.0 Å². The Balaban J connectivity index is 1.88. The van der Waals surface area contributed by atoms with Crippen molar-refractivity contribution in [1.82, 2.24) is 9.88 Å². The summed E-state index contributed by atoms with van der Waals surface area (Å²) in [7, 11) is 3.04. The number of aromatic hydroxyl groups is 1. The topological polar surface area (TPSA) is 168 Å². The van der Waals surface area contributed by atoms with Gasteiger partial charge in [-0.3, -0.25) is 28.9 Å². The van der Waals surface area contributed by atoms with Crippen LogP contribution in [-0.2, 0) is 25.6 Å². The molecule has 0 aromatic carbocycles. The average molecular weight is 450 g/mol. The summed E-state index contributed by atoms with van der Waals surface area (Å²) in [5.74, 6) is -11.0. The molecule has 1 aromatic rings. The van der Waals surface area contributed by atoms with Crippen molar-refractivity contribution in [2.45, 2.75) is 24.5 Å². The third kappa shape index (κ3) is 2.71. The molecule has 4 rings (SSSR count). The lowest BCUT2D eigenvalue weighted by Crippen LogP contribution is -2.74. The Morgan fingerprint density at radius 3 is 2.48 bits per heavy atom. The standard InChI is InChI=1S/C20H20ClN3O7/c1-24(2)13-8-4-6-3-7-11(9(25)5-23-18(7)21)14(26)10(6)16(28)20(8,31)17(29)12(15(13)27)19(22)30/h5-6,8,10,12-13,25,31H,3-4H2,1-2H3,(H2,22,30). The van der Waals surface area contributed by atoms with Crippen molar-refractivity contribution >= 4 is 40.6 Å². The predicted octanol–water partition coefficient (Wildman–Crippen LogP) is -1.08. The highest BCUT2D eigenvalue weighted by Gasteiger charge is 2.69. The molecule has 6 unspecified atom stereocenters. The van der Waals surface area contributed by atoms with E-state index in [4.69, 9.17) is 17.3 Å². The van der Waals surface area contributed by atoms with Crippen LogP contribution in [0.3, 0.4) is 0 Å². The SMILES string of the molecule is CN(C)C1C(=O)C(C(N)=O)C(=O)C2(O)C(=O)C3C(=O)c4c(O)cnc(Cl)c4CC3CC12. The summed E-state index contributed by atoms with van der Waals surface area (Å²) in [4.78, 5) is 69.8. The largest absolute Gasteiger partial charge is 0.506 e. The van der Waals surface area contributed by atoms with Gasteiger partial charge in [-0.1, -0.05) is 11.6 Å². The van der Waals surface area contributed by atoms with Crippen LogP contribution >= 0.6 is 11.6 Å². The molecule has 2 fully saturated rings. The van der Waals surface area contributed by atoms with Crippen molar-refractivity contribution in [1.29, 1.82) is 0 Å². The molecule has 0 saturated heterocycles. The number of likely N-dealkylation sites (N-methyl/N-ethyl adjacent to an activating group) is 1. The van der Waals surface area contributed by atoms with E-state index in [9.17, 15) is 34.2 Å². The number of aliphatic hydroxyl groups is 1.